The van der Waals surface area contributed by atoms with Crippen molar-refractivity contribution in [2.45, 2.75) is 110 Å². The van der Waals surface area contributed by atoms with Crippen molar-refractivity contribution in [3.63, 3.8) is 0 Å². The smallest absolute Gasteiger partial charge is 0.243 e. The highest BCUT2D eigenvalue weighted by atomic mass is 35.5. The van der Waals surface area contributed by atoms with E-state index < -0.39 is 0 Å². The van der Waals surface area contributed by atoms with E-state index in [1.807, 2.05) is 6.92 Å². The molecule has 31 heavy (non-hydrogen) atoms. The summed E-state index contributed by atoms with van der Waals surface area (Å²) in [5.74, 6) is 1.18. The molecule has 0 atom stereocenters. The van der Waals surface area contributed by atoms with Gasteiger partial charge in [0.05, 0.1) is 13.1 Å². The van der Waals surface area contributed by atoms with Crippen molar-refractivity contribution in [3.8, 4) is 0 Å². The number of anilines is 1. The Kier molecular flexibility index (Phi) is 13.2. The molecule has 0 unspecified atom stereocenters. The molecule has 0 fully saturated rings. The quantitative estimate of drug-likeness (QED) is 0.220. The first-order valence-corrected chi connectivity index (χ1v) is 12.7. The van der Waals surface area contributed by atoms with Gasteiger partial charge in [-0.25, -0.2) is 14.1 Å². The SMILES string of the molecule is CCCCCCCCCCCCCCn1cc[n+](CCCNc2nc(C)nc(Cl)n2)c1. The van der Waals surface area contributed by atoms with Gasteiger partial charge in [0, 0.05) is 13.0 Å². The van der Waals surface area contributed by atoms with Gasteiger partial charge in [-0.2, -0.15) is 9.97 Å². The largest absolute Gasteiger partial charge is 0.354 e. The summed E-state index contributed by atoms with van der Waals surface area (Å²) in [5.41, 5.74) is 0. The van der Waals surface area contributed by atoms with Gasteiger partial charge in [0.2, 0.25) is 17.6 Å². The molecule has 0 radical (unpaired) electrons. The second-order valence-corrected chi connectivity index (χ2v) is 8.87. The molecule has 174 valence electrons. The molecule has 0 aliphatic rings. The molecule has 0 spiro atoms. The van der Waals surface area contributed by atoms with Crippen LogP contribution in [0.5, 0.6) is 0 Å². The number of halogens is 1. The Morgan fingerprint density at radius 3 is 2.16 bits per heavy atom. The number of aryl methyl sites for hydroxylation is 3. The average Bonchev–Trinajstić information content (AvgIpc) is 3.19. The molecule has 0 aliphatic heterocycles. The van der Waals surface area contributed by atoms with Crippen LogP contribution in [-0.2, 0) is 13.1 Å². The van der Waals surface area contributed by atoms with E-state index in [2.05, 4.69) is 55.0 Å². The Bertz CT molecular complexity index is 698. The highest BCUT2D eigenvalue weighted by Gasteiger charge is 2.05. The van der Waals surface area contributed by atoms with Gasteiger partial charge >= 0.3 is 0 Å². The third kappa shape index (κ3) is 12.1. The molecule has 2 heterocycles. The maximum absolute atomic E-state index is 5.86. The van der Waals surface area contributed by atoms with E-state index in [-0.39, 0.29) is 5.28 Å². The van der Waals surface area contributed by atoms with Gasteiger partial charge < -0.3 is 5.32 Å². The second-order valence-electron chi connectivity index (χ2n) is 8.53. The summed E-state index contributed by atoms with van der Waals surface area (Å²) in [6.07, 6.45) is 24.3. The minimum atomic E-state index is 0.235. The number of unbranched alkanes of at least 4 members (excludes halogenated alkanes) is 11. The molecule has 2 aromatic rings. The van der Waals surface area contributed by atoms with E-state index in [9.17, 15) is 0 Å². The van der Waals surface area contributed by atoms with Crippen LogP contribution in [0, 0.1) is 6.92 Å². The van der Waals surface area contributed by atoms with Crippen molar-refractivity contribution in [2.75, 3.05) is 11.9 Å². The zero-order valence-electron chi connectivity index (χ0n) is 19.7. The molecule has 0 saturated heterocycles. The lowest BCUT2D eigenvalue weighted by atomic mass is 10.1. The van der Waals surface area contributed by atoms with Crippen LogP contribution in [0.4, 0.5) is 5.95 Å². The van der Waals surface area contributed by atoms with Crippen LogP contribution in [-0.4, -0.2) is 26.1 Å². The normalized spacial score (nSPS) is 11.2. The average molecular weight is 450 g/mol. The molecule has 2 rings (SSSR count). The molecule has 0 aromatic carbocycles. The molecular weight excluding hydrogens is 408 g/mol. The zero-order valence-corrected chi connectivity index (χ0v) is 20.4. The van der Waals surface area contributed by atoms with Crippen LogP contribution in [0.15, 0.2) is 18.7 Å². The third-order valence-electron chi connectivity index (χ3n) is 5.61. The Morgan fingerprint density at radius 1 is 0.871 bits per heavy atom. The Morgan fingerprint density at radius 2 is 1.52 bits per heavy atom. The zero-order chi connectivity index (χ0) is 22.2. The Labute approximate surface area is 193 Å². The van der Waals surface area contributed by atoms with E-state index in [1.54, 1.807) is 0 Å². The molecular formula is C24H42ClN6+. The van der Waals surface area contributed by atoms with Crippen LogP contribution in [0.25, 0.3) is 0 Å². The summed E-state index contributed by atoms with van der Waals surface area (Å²) in [6.45, 7) is 6.98. The molecule has 0 amide bonds. The predicted molar refractivity (Wildman–Crippen MR) is 128 cm³/mol. The van der Waals surface area contributed by atoms with Crippen LogP contribution in [0.1, 0.15) is 96.2 Å². The summed E-state index contributed by atoms with van der Waals surface area (Å²) in [6, 6.07) is 0. The summed E-state index contributed by atoms with van der Waals surface area (Å²) < 4.78 is 4.55. The van der Waals surface area contributed by atoms with Crippen LogP contribution < -0.4 is 9.88 Å². The maximum Gasteiger partial charge on any atom is 0.243 e. The number of hydrogen-bond acceptors (Lipinski definition) is 4. The van der Waals surface area contributed by atoms with Crippen molar-refractivity contribution in [1.82, 2.24) is 19.5 Å². The summed E-state index contributed by atoms with van der Waals surface area (Å²) in [5, 5.41) is 3.45. The molecule has 0 aliphatic carbocycles. The molecule has 7 heteroatoms. The van der Waals surface area contributed by atoms with Gasteiger partial charge in [-0.05, 0) is 31.4 Å². The number of nitrogens with one attached hydrogen (secondary N) is 1. The molecule has 2 aromatic heterocycles. The van der Waals surface area contributed by atoms with Crippen LogP contribution in [0.2, 0.25) is 5.28 Å². The molecule has 6 nitrogen and oxygen atoms in total. The van der Waals surface area contributed by atoms with Crippen molar-refractivity contribution in [2.24, 2.45) is 0 Å². The van der Waals surface area contributed by atoms with Crippen molar-refractivity contribution < 1.29 is 4.57 Å². The van der Waals surface area contributed by atoms with Crippen LogP contribution >= 0.6 is 11.6 Å². The van der Waals surface area contributed by atoms with E-state index in [4.69, 9.17) is 11.6 Å². The monoisotopic (exact) mass is 449 g/mol. The number of imidazole rings is 1. The van der Waals surface area contributed by atoms with Gasteiger partial charge in [0.1, 0.15) is 18.2 Å². The maximum atomic E-state index is 5.86. The van der Waals surface area contributed by atoms with Crippen LogP contribution in [0.3, 0.4) is 0 Å². The van der Waals surface area contributed by atoms with Gasteiger partial charge in [0.15, 0.2) is 0 Å². The van der Waals surface area contributed by atoms with E-state index in [0.717, 1.165) is 26.1 Å². The molecule has 1 N–H and O–H groups in total. The lowest BCUT2D eigenvalue weighted by Gasteiger charge is -2.04. The van der Waals surface area contributed by atoms with Crippen molar-refractivity contribution in [1.29, 1.82) is 0 Å². The van der Waals surface area contributed by atoms with Crippen molar-refractivity contribution in [3.05, 3.63) is 29.8 Å². The number of nitrogens with zero attached hydrogens (tertiary/aromatic N) is 5. The summed E-state index contributed by atoms with van der Waals surface area (Å²) in [7, 11) is 0. The van der Waals surface area contributed by atoms with Gasteiger partial charge in [0.25, 0.3) is 0 Å². The van der Waals surface area contributed by atoms with E-state index in [0.29, 0.717) is 11.8 Å². The molecule has 0 bridgehead atoms. The highest BCUT2D eigenvalue weighted by molar-refractivity contribution is 6.28. The molecule has 0 saturated carbocycles. The Balaban J connectivity index is 1.45. The van der Waals surface area contributed by atoms with E-state index >= 15 is 0 Å². The second kappa shape index (κ2) is 16.0. The van der Waals surface area contributed by atoms with E-state index in [1.165, 1.54) is 77.0 Å². The summed E-state index contributed by atoms with van der Waals surface area (Å²) in [4.78, 5) is 12.3. The minimum Gasteiger partial charge on any atom is -0.354 e. The number of hydrogen-bond donors (Lipinski definition) is 1. The fourth-order valence-electron chi connectivity index (χ4n) is 3.83. The number of rotatable bonds is 18. The first-order chi connectivity index (χ1) is 15.2. The first-order valence-electron chi connectivity index (χ1n) is 12.3. The lowest BCUT2D eigenvalue weighted by molar-refractivity contribution is -0.696. The lowest BCUT2D eigenvalue weighted by Crippen LogP contribution is -2.32. The van der Waals surface area contributed by atoms with Gasteiger partial charge in [-0.15, -0.1) is 0 Å². The van der Waals surface area contributed by atoms with Crippen molar-refractivity contribution >= 4 is 17.5 Å². The first kappa shape index (κ1) is 25.6. The van der Waals surface area contributed by atoms with Gasteiger partial charge in [-0.1, -0.05) is 71.1 Å². The summed E-state index contributed by atoms with van der Waals surface area (Å²) >= 11 is 5.86. The topological polar surface area (TPSA) is 59.5 Å². The fourth-order valence-corrected chi connectivity index (χ4v) is 4.03. The Hall–Kier alpha value is -1.69. The minimum absolute atomic E-state index is 0.235. The fraction of sp³-hybridized carbons (Fsp3) is 0.750. The standard InChI is InChI=1S/C24H42ClN6/c1-3-4-5-6-7-8-9-10-11-12-13-14-17-30-19-20-31(21-30)18-15-16-26-24-28-22(2)27-23(25)29-24/h19-21H,3-18H2,1-2H3,(H,26,27,28,29)/q+1. The third-order valence-corrected chi connectivity index (χ3v) is 5.78. The predicted octanol–water partition coefficient (Wildman–Crippen LogP) is 6.13. The highest BCUT2D eigenvalue weighted by Crippen LogP contribution is 2.12. The number of aromatic nitrogens is 5. The van der Waals surface area contributed by atoms with Gasteiger partial charge in [-0.3, -0.25) is 0 Å².